The van der Waals surface area contributed by atoms with Gasteiger partial charge in [-0.15, -0.1) is 0 Å². The van der Waals surface area contributed by atoms with Crippen LogP contribution in [0.25, 0.3) is 5.52 Å². The van der Waals surface area contributed by atoms with Crippen molar-refractivity contribution in [1.29, 1.82) is 0 Å². The molecule has 0 atom stereocenters. The number of nitrogen functional groups attached to an aromatic ring is 1. The van der Waals surface area contributed by atoms with Crippen LogP contribution < -0.4 is 5.73 Å². The highest BCUT2D eigenvalue weighted by Crippen LogP contribution is 2.44. The first-order valence-corrected chi connectivity index (χ1v) is 8.12. The smallest absolute Gasteiger partial charge is 0.311 e. The molecule has 0 spiro atoms. The normalized spacial score (nSPS) is 25.3. The van der Waals surface area contributed by atoms with Crippen molar-refractivity contribution in [2.75, 3.05) is 12.8 Å². The van der Waals surface area contributed by atoms with E-state index in [1.165, 1.54) is 7.11 Å². The number of ether oxygens (including phenoxy) is 1. The number of fused-ring (bicyclic) bond motifs is 1. The summed E-state index contributed by atoms with van der Waals surface area (Å²) in [6, 6.07) is 0. The second-order valence-electron chi connectivity index (χ2n) is 6.12. The van der Waals surface area contributed by atoms with Gasteiger partial charge in [-0.25, -0.2) is 9.97 Å². The van der Waals surface area contributed by atoms with Crippen molar-refractivity contribution in [2.45, 2.75) is 38.5 Å². The van der Waals surface area contributed by atoms with Gasteiger partial charge in [-0.1, -0.05) is 0 Å². The van der Waals surface area contributed by atoms with E-state index in [0.717, 1.165) is 41.6 Å². The van der Waals surface area contributed by atoms with Crippen LogP contribution in [-0.2, 0) is 9.53 Å². The monoisotopic (exact) mass is 366 g/mol. The third-order valence-corrected chi connectivity index (χ3v) is 5.25. The number of carbonyl (C=O) groups excluding carboxylic acids is 1. The van der Waals surface area contributed by atoms with Crippen LogP contribution in [0.15, 0.2) is 17.0 Å². The fourth-order valence-electron chi connectivity index (χ4n) is 3.29. The van der Waals surface area contributed by atoms with Crippen LogP contribution in [0.4, 0.5) is 5.82 Å². The number of hydrogen-bond acceptors (Lipinski definition) is 5. The Labute approximate surface area is 137 Å². The van der Waals surface area contributed by atoms with E-state index in [4.69, 9.17) is 10.5 Å². The van der Waals surface area contributed by atoms with Crippen LogP contribution >= 0.6 is 15.9 Å². The zero-order valence-electron chi connectivity index (χ0n) is 12.7. The second-order valence-corrected chi connectivity index (χ2v) is 6.87. The van der Waals surface area contributed by atoms with Gasteiger partial charge in [0.25, 0.3) is 0 Å². The molecule has 0 aromatic carbocycles. The van der Waals surface area contributed by atoms with Crippen LogP contribution in [0, 0.1) is 5.41 Å². The molecule has 0 amide bonds. The predicted octanol–water partition coefficient (Wildman–Crippen LogP) is 2.91. The minimum absolute atomic E-state index is 0.117. The van der Waals surface area contributed by atoms with Crippen molar-refractivity contribution >= 4 is 33.2 Å². The van der Waals surface area contributed by atoms with E-state index in [1.807, 2.05) is 17.5 Å². The van der Waals surface area contributed by atoms with Crippen LogP contribution in [0.3, 0.4) is 0 Å². The van der Waals surface area contributed by atoms with E-state index < -0.39 is 0 Å². The Morgan fingerprint density at radius 1 is 1.50 bits per heavy atom. The number of hydrogen-bond donors (Lipinski definition) is 1. The molecule has 1 saturated carbocycles. The van der Waals surface area contributed by atoms with Gasteiger partial charge in [0.1, 0.15) is 15.9 Å². The number of nitrogens with two attached hydrogens (primary N) is 1. The zero-order valence-corrected chi connectivity index (χ0v) is 14.3. The summed E-state index contributed by atoms with van der Waals surface area (Å²) in [7, 11) is 1.45. The SMILES string of the molecule is COC(=O)C1(C)CCC(c2nc(Br)c3c(N)nccn23)CC1. The average Bonchev–Trinajstić information content (AvgIpc) is 2.85. The first-order chi connectivity index (χ1) is 10.5. The Bertz CT molecular complexity index is 720. The number of esters is 1. The minimum atomic E-state index is -0.379. The summed E-state index contributed by atoms with van der Waals surface area (Å²) < 4.78 is 7.65. The number of nitrogens with zero attached hydrogens (tertiary/aromatic N) is 3. The summed E-state index contributed by atoms with van der Waals surface area (Å²) in [6.07, 6.45) is 6.97. The third-order valence-electron chi connectivity index (χ3n) is 4.70. The lowest BCUT2D eigenvalue weighted by atomic mass is 9.71. The molecule has 0 saturated heterocycles. The zero-order chi connectivity index (χ0) is 15.9. The Kier molecular flexibility index (Phi) is 3.84. The molecular formula is C15H19BrN4O2. The Morgan fingerprint density at radius 2 is 2.18 bits per heavy atom. The summed E-state index contributed by atoms with van der Waals surface area (Å²) in [5, 5.41) is 0. The van der Waals surface area contributed by atoms with Crippen molar-refractivity contribution in [1.82, 2.24) is 14.4 Å². The van der Waals surface area contributed by atoms with Crippen molar-refractivity contribution in [2.24, 2.45) is 5.41 Å². The molecule has 0 bridgehead atoms. The van der Waals surface area contributed by atoms with Gasteiger partial charge in [-0.3, -0.25) is 9.20 Å². The molecule has 2 N–H and O–H groups in total. The van der Waals surface area contributed by atoms with E-state index >= 15 is 0 Å². The Hall–Kier alpha value is -1.63. The number of aromatic nitrogens is 3. The molecule has 118 valence electrons. The maximum absolute atomic E-state index is 11.9. The van der Waals surface area contributed by atoms with E-state index in [0.29, 0.717) is 11.7 Å². The van der Waals surface area contributed by atoms with Crippen LogP contribution in [0.5, 0.6) is 0 Å². The Morgan fingerprint density at radius 3 is 2.82 bits per heavy atom. The summed E-state index contributed by atoms with van der Waals surface area (Å²) >= 11 is 3.47. The quantitative estimate of drug-likeness (QED) is 0.826. The fourth-order valence-corrected chi connectivity index (χ4v) is 3.87. The molecule has 2 heterocycles. The summed E-state index contributed by atoms with van der Waals surface area (Å²) in [6.45, 7) is 1.98. The number of carbonyl (C=O) groups is 1. The molecule has 1 fully saturated rings. The molecule has 2 aromatic rings. The van der Waals surface area contributed by atoms with Gasteiger partial charge in [-0.2, -0.15) is 0 Å². The largest absolute Gasteiger partial charge is 0.469 e. The van der Waals surface area contributed by atoms with Gasteiger partial charge in [0, 0.05) is 18.3 Å². The maximum Gasteiger partial charge on any atom is 0.311 e. The van der Waals surface area contributed by atoms with Crippen molar-refractivity contribution in [3.05, 3.63) is 22.8 Å². The van der Waals surface area contributed by atoms with E-state index in [1.54, 1.807) is 6.20 Å². The van der Waals surface area contributed by atoms with E-state index in [2.05, 4.69) is 25.9 Å². The predicted molar refractivity (Wildman–Crippen MR) is 86.4 cm³/mol. The average molecular weight is 367 g/mol. The van der Waals surface area contributed by atoms with E-state index in [9.17, 15) is 4.79 Å². The molecule has 2 aromatic heterocycles. The van der Waals surface area contributed by atoms with E-state index in [-0.39, 0.29) is 11.4 Å². The first-order valence-electron chi connectivity index (χ1n) is 7.32. The van der Waals surface area contributed by atoms with Gasteiger partial charge in [0.2, 0.25) is 0 Å². The number of halogens is 1. The third kappa shape index (κ3) is 2.37. The van der Waals surface area contributed by atoms with Crippen molar-refractivity contribution < 1.29 is 9.53 Å². The van der Waals surface area contributed by atoms with Crippen LogP contribution in [0.1, 0.15) is 44.3 Å². The van der Waals surface area contributed by atoms with Gasteiger partial charge < -0.3 is 10.5 Å². The minimum Gasteiger partial charge on any atom is -0.469 e. The van der Waals surface area contributed by atoms with Crippen LogP contribution in [-0.4, -0.2) is 27.4 Å². The molecular weight excluding hydrogens is 348 g/mol. The summed E-state index contributed by atoms with van der Waals surface area (Å²) in [5.41, 5.74) is 6.36. The Balaban J connectivity index is 1.89. The first kappa shape index (κ1) is 15.3. The molecule has 7 heteroatoms. The highest BCUT2D eigenvalue weighted by molar-refractivity contribution is 9.10. The van der Waals surface area contributed by atoms with Gasteiger partial charge >= 0.3 is 5.97 Å². The number of methoxy groups -OCH3 is 1. The van der Waals surface area contributed by atoms with Gasteiger partial charge in [0.15, 0.2) is 5.82 Å². The fraction of sp³-hybridized carbons (Fsp3) is 0.533. The molecule has 1 aliphatic rings. The second kappa shape index (κ2) is 5.53. The molecule has 22 heavy (non-hydrogen) atoms. The molecule has 1 aliphatic carbocycles. The summed E-state index contributed by atoms with van der Waals surface area (Å²) in [5.74, 6) is 1.62. The summed E-state index contributed by atoms with van der Waals surface area (Å²) in [4.78, 5) is 20.7. The van der Waals surface area contributed by atoms with Crippen molar-refractivity contribution in [3.8, 4) is 0 Å². The molecule has 6 nitrogen and oxygen atoms in total. The molecule has 3 rings (SSSR count). The number of rotatable bonds is 2. The lowest BCUT2D eigenvalue weighted by Crippen LogP contribution is -2.33. The number of imidazole rings is 1. The molecule has 0 unspecified atom stereocenters. The van der Waals surface area contributed by atoms with Crippen LogP contribution in [0.2, 0.25) is 0 Å². The topological polar surface area (TPSA) is 82.5 Å². The molecule has 0 aliphatic heterocycles. The molecule has 0 radical (unpaired) electrons. The lowest BCUT2D eigenvalue weighted by Gasteiger charge is -2.34. The standard InChI is InChI=1S/C15H19BrN4O2/c1-15(14(21)22-2)5-3-9(4-6-15)13-19-11(16)10-12(17)18-7-8-20(10)13/h7-9H,3-6H2,1-2H3,(H2,17,18). The highest BCUT2D eigenvalue weighted by atomic mass is 79.9. The number of anilines is 1. The van der Waals surface area contributed by atoms with Gasteiger partial charge in [-0.05, 0) is 48.5 Å². The van der Waals surface area contributed by atoms with Gasteiger partial charge in [0.05, 0.1) is 12.5 Å². The highest BCUT2D eigenvalue weighted by Gasteiger charge is 2.39. The van der Waals surface area contributed by atoms with Crippen molar-refractivity contribution in [3.63, 3.8) is 0 Å². The maximum atomic E-state index is 11.9. The lowest BCUT2D eigenvalue weighted by molar-refractivity contribution is -0.153.